The van der Waals surface area contributed by atoms with Gasteiger partial charge in [-0.3, -0.25) is 0 Å². The number of hydrogen-bond acceptors (Lipinski definition) is 4. The molecule has 0 N–H and O–H groups in total. The van der Waals surface area contributed by atoms with Gasteiger partial charge in [0.05, 0.1) is 11.1 Å². The molecule has 4 heteroatoms. The van der Waals surface area contributed by atoms with Crippen LogP contribution in [0.1, 0.15) is 62.3 Å². The Morgan fingerprint density at radius 3 is 1.85 bits per heavy atom. The SMILES string of the molecule is CC(C)(C)N(c1ccc2c(c1)C(=O)OC2=O)C(C)(C)C. The molecule has 4 nitrogen and oxygen atoms in total. The van der Waals surface area contributed by atoms with Crippen LogP contribution in [0.5, 0.6) is 0 Å². The molecule has 1 aliphatic rings. The largest absolute Gasteiger partial charge is 0.386 e. The summed E-state index contributed by atoms with van der Waals surface area (Å²) in [6, 6.07) is 5.29. The number of nitrogens with zero attached hydrogens (tertiary/aromatic N) is 1. The molecule has 0 spiro atoms. The van der Waals surface area contributed by atoms with E-state index in [2.05, 4.69) is 51.2 Å². The number of cyclic esters (lactones) is 2. The lowest BCUT2D eigenvalue weighted by atomic mass is 9.94. The van der Waals surface area contributed by atoms with Crippen molar-refractivity contribution in [2.75, 3.05) is 4.90 Å². The number of hydrogen-bond donors (Lipinski definition) is 0. The number of esters is 2. The first-order chi connectivity index (χ1) is 9.01. The van der Waals surface area contributed by atoms with Gasteiger partial charge in [0.15, 0.2) is 0 Å². The molecule has 1 aromatic carbocycles. The van der Waals surface area contributed by atoms with Gasteiger partial charge >= 0.3 is 11.9 Å². The summed E-state index contributed by atoms with van der Waals surface area (Å²) in [6.07, 6.45) is 0. The number of fused-ring (bicyclic) bond motifs is 1. The smallest absolute Gasteiger partial charge is 0.346 e. The van der Waals surface area contributed by atoms with Crippen molar-refractivity contribution < 1.29 is 14.3 Å². The number of carbonyl (C=O) groups excluding carboxylic acids is 2. The van der Waals surface area contributed by atoms with E-state index in [1.807, 2.05) is 6.07 Å². The summed E-state index contributed by atoms with van der Waals surface area (Å²) in [7, 11) is 0. The zero-order valence-electron chi connectivity index (χ0n) is 12.9. The summed E-state index contributed by atoms with van der Waals surface area (Å²) < 4.78 is 4.64. The van der Waals surface area contributed by atoms with E-state index in [1.54, 1.807) is 12.1 Å². The Labute approximate surface area is 119 Å². The van der Waals surface area contributed by atoms with Crippen LogP contribution in [0.15, 0.2) is 18.2 Å². The Morgan fingerprint density at radius 1 is 0.850 bits per heavy atom. The maximum atomic E-state index is 11.7. The minimum Gasteiger partial charge on any atom is -0.386 e. The summed E-state index contributed by atoms with van der Waals surface area (Å²) in [5, 5.41) is 0. The van der Waals surface area contributed by atoms with E-state index in [0.29, 0.717) is 11.1 Å². The van der Waals surface area contributed by atoms with Crippen LogP contribution in [0.2, 0.25) is 0 Å². The van der Waals surface area contributed by atoms with Crippen LogP contribution in [0.4, 0.5) is 5.69 Å². The molecular formula is C16H21NO3. The molecular weight excluding hydrogens is 254 g/mol. The summed E-state index contributed by atoms with van der Waals surface area (Å²) in [6.45, 7) is 12.7. The summed E-state index contributed by atoms with van der Waals surface area (Å²) in [5.41, 5.74) is 1.39. The highest BCUT2D eigenvalue weighted by Gasteiger charge is 2.35. The first-order valence-electron chi connectivity index (χ1n) is 6.73. The minimum atomic E-state index is -0.561. The lowest BCUT2D eigenvalue weighted by Gasteiger charge is -2.47. The van der Waals surface area contributed by atoms with Gasteiger partial charge in [-0.15, -0.1) is 0 Å². The maximum Gasteiger partial charge on any atom is 0.346 e. The van der Waals surface area contributed by atoms with E-state index in [0.717, 1.165) is 5.69 Å². The van der Waals surface area contributed by atoms with Gasteiger partial charge in [0.1, 0.15) is 0 Å². The highest BCUT2D eigenvalue weighted by Crippen LogP contribution is 2.34. The highest BCUT2D eigenvalue weighted by molar-refractivity contribution is 6.15. The molecule has 0 amide bonds. The minimum absolute atomic E-state index is 0.112. The molecule has 20 heavy (non-hydrogen) atoms. The van der Waals surface area contributed by atoms with E-state index in [-0.39, 0.29) is 11.1 Å². The lowest BCUT2D eigenvalue weighted by Crippen LogP contribution is -2.53. The van der Waals surface area contributed by atoms with Crippen LogP contribution in [-0.4, -0.2) is 23.0 Å². The lowest BCUT2D eigenvalue weighted by molar-refractivity contribution is 0.0443. The molecule has 108 valence electrons. The number of rotatable bonds is 1. The van der Waals surface area contributed by atoms with E-state index in [4.69, 9.17) is 0 Å². The molecule has 1 heterocycles. The highest BCUT2D eigenvalue weighted by atomic mass is 16.6. The quantitative estimate of drug-likeness (QED) is 0.582. The second-order valence-electron chi connectivity index (χ2n) is 7.08. The third kappa shape index (κ3) is 2.42. The third-order valence-electron chi connectivity index (χ3n) is 3.23. The predicted molar refractivity (Wildman–Crippen MR) is 78.2 cm³/mol. The zero-order chi connectivity index (χ0) is 15.3. The van der Waals surface area contributed by atoms with Crippen molar-refractivity contribution in [2.24, 2.45) is 0 Å². The van der Waals surface area contributed by atoms with Crippen molar-refractivity contribution in [3.05, 3.63) is 29.3 Å². The van der Waals surface area contributed by atoms with Crippen molar-refractivity contribution in [3.8, 4) is 0 Å². The zero-order valence-corrected chi connectivity index (χ0v) is 12.9. The molecule has 0 radical (unpaired) electrons. The molecule has 0 bridgehead atoms. The van der Waals surface area contributed by atoms with Crippen molar-refractivity contribution in [3.63, 3.8) is 0 Å². The predicted octanol–water partition coefficient (Wildman–Crippen LogP) is 3.40. The van der Waals surface area contributed by atoms with Gasteiger partial charge in [-0.2, -0.15) is 0 Å². The van der Waals surface area contributed by atoms with Crippen LogP contribution in [-0.2, 0) is 4.74 Å². The second-order valence-corrected chi connectivity index (χ2v) is 7.08. The van der Waals surface area contributed by atoms with Gasteiger partial charge in [0.2, 0.25) is 0 Å². The van der Waals surface area contributed by atoms with Crippen LogP contribution in [0, 0.1) is 0 Å². The van der Waals surface area contributed by atoms with E-state index in [1.165, 1.54) is 0 Å². The van der Waals surface area contributed by atoms with E-state index >= 15 is 0 Å². The standard InChI is InChI=1S/C16H21NO3/c1-15(2,3)17(16(4,5)6)10-7-8-11-12(9-10)14(19)20-13(11)18/h7-9H,1-6H3. The average molecular weight is 275 g/mol. The van der Waals surface area contributed by atoms with E-state index in [9.17, 15) is 9.59 Å². The topological polar surface area (TPSA) is 46.6 Å². The van der Waals surface area contributed by atoms with Crippen molar-refractivity contribution in [1.82, 2.24) is 0 Å². The Balaban J connectivity index is 2.55. The first-order valence-corrected chi connectivity index (χ1v) is 6.73. The molecule has 0 unspecified atom stereocenters. The normalized spacial score (nSPS) is 15.1. The van der Waals surface area contributed by atoms with Gasteiger partial charge in [-0.25, -0.2) is 9.59 Å². The number of carbonyl (C=O) groups is 2. The Morgan fingerprint density at radius 2 is 1.35 bits per heavy atom. The second kappa shape index (κ2) is 4.33. The van der Waals surface area contributed by atoms with Gasteiger partial charge in [0.25, 0.3) is 0 Å². The van der Waals surface area contributed by atoms with Gasteiger partial charge < -0.3 is 9.64 Å². The molecule has 0 atom stereocenters. The van der Waals surface area contributed by atoms with Gasteiger partial charge in [0, 0.05) is 16.8 Å². The number of anilines is 1. The number of ether oxygens (including phenoxy) is 1. The Bertz CT molecular complexity index is 562. The van der Waals surface area contributed by atoms with Gasteiger partial charge in [-0.05, 0) is 59.7 Å². The summed E-state index contributed by atoms with van der Waals surface area (Å²) in [4.78, 5) is 25.4. The summed E-state index contributed by atoms with van der Waals surface area (Å²) >= 11 is 0. The Kier molecular flexibility index (Phi) is 3.16. The average Bonchev–Trinajstić information content (AvgIpc) is 2.50. The van der Waals surface area contributed by atoms with Crippen LogP contribution >= 0.6 is 0 Å². The van der Waals surface area contributed by atoms with Crippen molar-refractivity contribution in [1.29, 1.82) is 0 Å². The monoisotopic (exact) mass is 275 g/mol. The van der Waals surface area contributed by atoms with Crippen molar-refractivity contribution >= 4 is 17.6 Å². The Hall–Kier alpha value is -1.84. The molecule has 0 aliphatic carbocycles. The molecule has 2 rings (SSSR count). The summed E-state index contributed by atoms with van der Waals surface area (Å²) in [5.74, 6) is -1.12. The molecule has 1 aromatic rings. The van der Waals surface area contributed by atoms with Crippen LogP contribution < -0.4 is 4.90 Å². The van der Waals surface area contributed by atoms with Crippen molar-refractivity contribution in [2.45, 2.75) is 52.6 Å². The van der Waals surface area contributed by atoms with E-state index < -0.39 is 11.9 Å². The molecule has 0 saturated heterocycles. The fourth-order valence-electron chi connectivity index (χ4n) is 2.99. The molecule has 1 aliphatic heterocycles. The fourth-order valence-corrected chi connectivity index (χ4v) is 2.99. The molecule has 0 fully saturated rings. The third-order valence-corrected chi connectivity index (χ3v) is 3.23. The van der Waals surface area contributed by atoms with Crippen LogP contribution in [0.25, 0.3) is 0 Å². The van der Waals surface area contributed by atoms with Gasteiger partial charge in [-0.1, -0.05) is 0 Å². The number of benzene rings is 1. The first kappa shape index (κ1) is 14.6. The maximum absolute atomic E-state index is 11.7. The molecule has 0 saturated carbocycles. The fraction of sp³-hybridized carbons (Fsp3) is 0.500. The molecule has 0 aromatic heterocycles. The van der Waals surface area contributed by atoms with Crippen LogP contribution in [0.3, 0.4) is 0 Å².